The van der Waals surface area contributed by atoms with Gasteiger partial charge in [0.05, 0.1) is 12.7 Å². The SMILES string of the molecule is Cc1cc(C)c(C(=O)N2CCC(OCCN)CC2)c(C)c1. The Morgan fingerprint density at radius 3 is 2.33 bits per heavy atom. The van der Waals surface area contributed by atoms with Crippen molar-refractivity contribution < 1.29 is 9.53 Å². The smallest absolute Gasteiger partial charge is 0.254 e. The van der Waals surface area contributed by atoms with E-state index >= 15 is 0 Å². The molecule has 1 aromatic rings. The molecule has 0 saturated carbocycles. The number of rotatable bonds is 4. The number of carbonyl (C=O) groups excluding carboxylic acids is 1. The fourth-order valence-electron chi connectivity index (χ4n) is 3.14. The van der Waals surface area contributed by atoms with Gasteiger partial charge < -0.3 is 15.4 Å². The third kappa shape index (κ3) is 3.83. The molecule has 2 N–H and O–H groups in total. The van der Waals surface area contributed by atoms with E-state index in [1.807, 2.05) is 18.7 Å². The number of aryl methyl sites for hydroxylation is 3. The predicted octanol–water partition coefficient (Wildman–Crippen LogP) is 2.19. The lowest BCUT2D eigenvalue weighted by atomic mass is 9.97. The van der Waals surface area contributed by atoms with Gasteiger partial charge in [0.25, 0.3) is 5.91 Å². The fourth-order valence-corrected chi connectivity index (χ4v) is 3.14. The zero-order valence-electron chi connectivity index (χ0n) is 13.3. The van der Waals surface area contributed by atoms with Crippen LogP contribution < -0.4 is 5.73 Å². The highest BCUT2D eigenvalue weighted by Crippen LogP contribution is 2.21. The van der Waals surface area contributed by atoms with E-state index in [4.69, 9.17) is 10.5 Å². The van der Waals surface area contributed by atoms with Crippen LogP contribution in [0.4, 0.5) is 0 Å². The van der Waals surface area contributed by atoms with Gasteiger partial charge in [0.15, 0.2) is 0 Å². The first-order chi connectivity index (χ1) is 10.0. The van der Waals surface area contributed by atoms with Gasteiger partial charge in [0, 0.05) is 25.2 Å². The monoisotopic (exact) mass is 290 g/mol. The summed E-state index contributed by atoms with van der Waals surface area (Å²) in [7, 11) is 0. The Hall–Kier alpha value is -1.39. The van der Waals surface area contributed by atoms with Crippen molar-refractivity contribution in [1.82, 2.24) is 4.90 Å². The number of likely N-dealkylation sites (tertiary alicyclic amines) is 1. The van der Waals surface area contributed by atoms with Crippen molar-refractivity contribution in [2.45, 2.75) is 39.7 Å². The highest BCUT2D eigenvalue weighted by molar-refractivity contribution is 5.97. The average Bonchev–Trinajstić information content (AvgIpc) is 2.44. The second kappa shape index (κ2) is 7.05. The lowest BCUT2D eigenvalue weighted by molar-refractivity contribution is 0.0121. The zero-order chi connectivity index (χ0) is 15.4. The topological polar surface area (TPSA) is 55.6 Å². The minimum absolute atomic E-state index is 0.155. The van der Waals surface area contributed by atoms with Gasteiger partial charge in [-0.1, -0.05) is 17.7 Å². The number of ether oxygens (including phenoxy) is 1. The standard InChI is InChI=1S/C17H26N2O2/c1-12-10-13(2)16(14(3)11-12)17(20)19-7-4-15(5-8-19)21-9-6-18/h10-11,15H,4-9,18H2,1-3H3. The molecule has 0 unspecified atom stereocenters. The minimum Gasteiger partial charge on any atom is -0.377 e. The molecule has 2 rings (SSSR count). The molecule has 1 aromatic carbocycles. The summed E-state index contributed by atoms with van der Waals surface area (Å²) in [6, 6.07) is 4.16. The summed E-state index contributed by atoms with van der Waals surface area (Å²) in [5, 5.41) is 0. The normalized spacial score (nSPS) is 16.3. The van der Waals surface area contributed by atoms with E-state index in [0.29, 0.717) is 13.2 Å². The summed E-state index contributed by atoms with van der Waals surface area (Å²) in [6.07, 6.45) is 2.04. The van der Waals surface area contributed by atoms with Crippen molar-refractivity contribution in [3.05, 3.63) is 34.4 Å². The molecule has 1 heterocycles. The number of hydrogen-bond donors (Lipinski definition) is 1. The molecule has 1 amide bonds. The van der Waals surface area contributed by atoms with Crippen molar-refractivity contribution >= 4 is 5.91 Å². The van der Waals surface area contributed by atoms with Gasteiger partial charge in [-0.3, -0.25) is 4.79 Å². The highest BCUT2D eigenvalue weighted by atomic mass is 16.5. The highest BCUT2D eigenvalue weighted by Gasteiger charge is 2.25. The van der Waals surface area contributed by atoms with Gasteiger partial charge in [-0.2, -0.15) is 0 Å². The van der Waals surface area contributed by atoms with Crippen LogP contribution in [0.25, 0.3) is 0 Å². The Kier molecular flexibility index (Phi) is 5.37. The molecule has 0 bridgehead atoms. The Bertz CT molecular complexity index is 483. The molecule has 1 aliphatic heterocycles. The number of benzene rings is 1. The summed E-state index contributed by atoms with van der Waals surface area (Å²) in [6.45, 7) is 8.79. The van der Waals surface area contributed by atoms with Crippen LogP contribution in [0.3, 0.4) is 0 Å². The van der Waals surface area contributed by atoms with Gasteiger partial charge in [-0.25, -0.2) is 0 Å². The van der Waals surface area contributed by atoms with Crippen LogP contribution in [-0.2, 0) is 4.74 Å². The molecule has 4 nitrogen and oxygen atoms in total. The molecule has 0 aliphatic carbocycles. The molecule has 0 spiro atoms. The number of nitrogens with two attached hydrogens (primary N) is 1. The first-order valence-corrected chi connectivity index (χ1v) is 7.71. The largest absolute Gasteiger partial charge is 0.377 e. The molecule has 0 aromatic heterocycles. The maximum absolute atomic E-state index is 12.7. The second-order valence-corrected chi connectivity index (χ2v) is 5.92. The van der Waals surface area contributed by atoms with E-state index in [0.717, 1.165) is 42.6 Å². The van der Waals surface area contributed by atoms with E-state index in [1.54, 1.807) is 0 Å². The molecule has 116 valence electrons. The molecular formula is C17H26N2O2. The van der Waals surface area contributed by atoms with Gasteiger partial charge in [-0.15, -0.1) is 0 Å². The summed E-state index contributed by atoms with van der Waals surface area (Å²) in [4.78, 5) is 14.7. The van der Waals surface area contributed by atoms with Crippen LogP contribution in [0.1, 0.15) is 39.9 Å². The van der Waals surface area contributed by atoms with Crippen LogP contribution in [-0.4, -0.2) is 43.2 Å². The Morgan fingerprint density at radius 2 is 1.81 bits per heavy atom. The Balaban J connectivity index is 2.02. The van der Waals surface area contributed by atoms with Gasteiger partial charge in [0.2, 0.25) is 0 Å². The third-order valence-corrected chi connectivity index (χ3v) is 4.09. The lowest BCUT2D eigenvalue weighted by Crippen LogP contribution is -2.41. The molecule has 0 radical (unpaired) electrons. The van der Waals surface area contributed by atoms with Gasteiger partial charge in [-0.05, 0) is 44.7 Å². The molecule has 0 atom stereocenters. The third-order valence-electron chi connectivity index (χ3n) is 4.09. The number of piperidine rings is 1. The first-order valence-electron chi connectivity index (χ1n) is 7.71. The van der Waals surface area contributed by atoms with Crippen molar-refractivity contribution in [1.29, 1.82) is 0 Å². The average molecular weight is 290 g/mol. The van der Waals surface area contributed by atoms with Crippen molar-refractivity contribution in [3.8, 4) is 0 Å². The van der Waals surface area contributed by atoms with E-state index in [9.17, 15) is 4.79 Å². The second-order valence-electron chi connectivity index (χ2n) is 5.92. The first kappa shape index (κ1) is 16.0. The number of hydrogen-bond acceptors (Lipinski definition) is 3. The van der Waals surface area contributed by atoms with E-state index < -0.39 is 0 Å². The summed E-state index contributed by atoms with van der Waals surface area (Å²) in [5.41, 5.74) is 9.66. The van der Waals surface area contributed by atoms with Gasteiger partial charge in [0.1, 0.15) is 0 Å². The molecular weight excluding hydrogens is 264 g/mol. The molecule has 1 saturated heterocycles. The van der Waals surface area contributed by atoms with Crippen molar-refractivity contribution in [3.63, 3.8) is 0 Å². The summed E-state index contributed by atoms with van der Waals surface area (Å²) < 4.78 is 5.67. The van der Waals surface area contributed by atoms with E-state index in [1.165, 1.54) is 5.56 Å². The molecule has 1 fully saturated rings. The van der Waals surface area contributed by atoms with Crippen molar-refractivity contribution in [2.75, 3.05) is 26.2 Å². The minimum atomic E-state index is 0.155. The maximum atomic E-state index is 12.7. The number of carbonyl (C=O) groups is 1. The zero-order valence-corrected chi connectivity index (χ0v) is 13.3. The van der Waals surface area contributed by atoms with Crippen LogP contribution in [0.15, 0.2) is 12.1 Å². The number of amides is 1. The molecule has 4 heteroatoms. The lowest BCUT2D eigenvalue weighted by Gasteiger charge is -2.32. The van der Waals surface area contributed by atoms with Crippen LogP contribution in [0, 0.1) is 20.8 Å². The fraction of sp³-hybridized carbons (Fsp3) is 0.588. The maximum Gasteiger partial charge on any atom is 0.254 e. The summed E-state index contributed by atoms with van der Waals surface area (Å²) >= 11 is 0. The number of nitrogens with zero attached hydrogens (tertiary/aromatic N) is 1. The van der Waals surface area contributed by atoms with Crippen LogP contribution >= 0.6 is 0 Å². The Morgan fingerprint density at radius 1 is 1.24 bits per heavy atom. The van der Waals surface area contributed by atoms with Crippen LogP contribution in [0.2, 0.25) is 0 Å². The van der Waals surface area contributed by atoms with Gasteiger partial charge >= 0.3 is 0 Å². The quantitative estimate of drug-likeness (QED) is 0.925. The van der Waals surface area contributed by atoms with E-state index in [-0.39, 0.29) is 12.0 Å². The summed E-state index contributed by atoms with van der Waals surface area (Å²) in [5.74, 6) is 0.155. The predicted molar refractivity (Wildman–Crippen MR) is 84.6 cm³/mol. The van der Waals surface area contributed by atoms with Crippen molar-refractivity contribution in [2.24, 2.45) is 5.73 Å². The van der Waals surface area contributed by atoms with E-state index in [2.05, 4.69) is 19.1 Å². The molecule has 1 aliphatic rings. The molecule has 21 heavy (non-hydrogen) atoms. The Labute approximate surface area is 127 Å². The van der Waals surface area contributed by atoms with Crippen LogP contribution in [0.5, 0.6) is 0 Å².